The van der Waals surface area contributed by atoms with Crippen LogP contribution in [-0.2, 0) is 0 Å². The fourth-order valence-corrected chi connectivity index (χ4v) is 3.88. The van der Waals surface area contributed by atoms with Crippen molar-refractivity contribution in [1.29, 1.82) is 0 Å². The lowest BCUT2D eigenvalue weighted by atomic mass is 9.82. The van der Waals surface area contributed by atoms with Crippen LogP contribution in [0.5, 0.6) is 0 Å². The van der Waals surface area contributed by atoms with Gasteiger partial charge in [0.2, 0.25) is 0 Å². The number of benzene rings is 1. The normalized spacial score (nSPS) is 17.2. The van der Waals surface area contributed by atoms with Gasteiger partial charge < -0.3 is 11.1 Å². The Morgan fingerprint density at radius 3 is 2.71 bits per heavy atom. The minimum absolute atomic E-state index is 0. The predicted molar refractivity (Wildman–Crippen MR) is 91.4 cm³/mol. The number of nitrogens with one attached hydrogen (secondary N) is 1. The van der Waals surface area contributed by atoms with Crippen LogP contribution >= 0.6 is 23.7 Å². The van der Waals surface area contributed by atoms with Gasteiger partial charge in [-0.1, -0.05) is 37.5 Å². The second-order valence-corrected chi connectivity index (χ2v) is 6.66. The van der Waals surface area contributed by atoms with Crippen LogP contribution in [-0.4, -0.2) is 18.0 Å². The Morgan fingerprint density at radius 2 is 1.95 bits per heavy atom. The molecule has 1 aliphatic carbocycles. The van der Waals surface area contributed by atoms with Crippen LogP contribution in [0.4, 0.5) is 0 Å². The van der Waals surface area contributed by atoms with E-state index in [1.807, 2.05) is 29.6 Å². The molecule has 2 aromatic rings. The molecule has 114 valence electrons. The highest BCUT2D eigenvalue weighted by atomic mass is 35.5. The molecule has 0 spiro atoms. The van der Waals surface area contributed by atoms with Gasteiger partial charge in [0, 0.05) is 27.5 Å². The quantitative estimate of drug-likeness (QED) is 0.904. The van der Waals surface area contributed by atoms with Crippen molar-refractivity contribution >= 4 is 39.7 Å². The molecule has 0 saturated heterocycles. The minimum atomic E-state index is -0.209. The van der Waals surface area contributed by atoms with E-state index in [1.165, 1.54) is 19.3 Å². The standard InChI is InChI=1S/C16H20N2OS.ClH/c17-16(8-4-1-5-9-16)11-18-15(19)13-10-20-14-7-3-2-6-12(13)14;/h2-3,6-7,10H,1,4-5,8-9,11,17H2,(H,18,19);1H. The van der Waals surface area contributed by atoms with Crippen molar-refractivity contribution in [2.75, 3.05) is 6.54 Å². The molecular weight excluding hydrogens is 304 g/mol. The first-order valence-corrected chi connectivity index (χ1v) is 8.09. The van der Waals surface area contributed by atoms with E-state index >= 15 is 0 Å². The van der Waals surface area contributed by atoms with Crippen LogP contribution in [0.1, 0.15) is 42.5 Å². The first-order chi connectivity index (χ1) is 9.68. The molecule has 0 radical (unpaired) electrons. The molecule has 3 N–H and O–H groups in total. The van der Waals surface area contributed by atoms with Crippen molar-refractivity contribution in [3.63, 3.8) is 0 Å². The number of hydrogen-bond donors (Lipinski definition) is 2. The Kier molecular flexibility index (Phi) is 5.25. The van der Waals surface area contributed by atoms with Gasteiger partial charge in [-0.25, -0.2) is 0 Å². The Labute approximate surface area is 135 Å². The molecule has 0 aliphatic heterocycles. The molecule has 1 saturated carbocycles. The first-order valence-electron chi connectivity index (χ1n) is 7.21. The zero-order valence-corrected chi connectivity index (χ0v) is 13.6. The average molecular weight is 325 g/mol. The van der Waals surface area contributed by atoms with Crippen molar-refractivity contribution in [1.82, 2.24) is 5.32 Å². The van der Waals surface area contributed by atoms with Crippen molar-refractivity contribution in [2.24, 2.45) is 5.73 Å². The van der Waals surface area contributed by atoms with E-state index in [4.69, 9.17) is 5.73 Å². The number of thiophene rings is 1. The van der Waals surface area contributed by atoms with Gasteiger partial charge in [0.15, 0.2) is 0 Å². The summed E-state index contributed by atoms with van der Waals surface area (Å²) in [5, 5.41) is 6.00. The summed E-state index contributed by atoms with van der Waals surface area (Å²) in [7, 11) is 0. The molecule has 3 nitrogen and oxygen atoms in total. The third kappa shape index (κ3) is 3.57. The number of nitrogens with two attached hydrogens (primary N) is 1. The van der Waals surface area contributed by atoms with E-state index in [2.05, 4.69) is 5.32 Å². The summed E-state index contributed by atoms with van der Waals surface area (Å²) in [6.07, 6.45) is 5.64. The molecule has 0 unspecified atom stereocenters. The first kappa shape index (κ1) is 16.3. The van der Waals surface area contributed by atoms with Gasteiger partial charge in [-0.3, -0.25) is 4.79 Å². The van der Waals surface area contributed by atoms with Gasteiger partial charge in [-0.15, -0.1) is 23.7 Å². The van der Waals surface area contributed by atoms with E-state index in [1.54, 1.807) is 11.3 Å². The van der Waals surface area contributed by atoms with Gasteiger partial charge in [0.1, 0.15) is 0 Å². The highest BCUT2D eigenvalue weighted by Crippen LogP contribution is 2.27. The minimum Gasteiger partial charge on any atom is -0.350 e. The van der Waals surface area contributed by atoms with Crippen LogP contribution in [0.3, 0.4) is 0 Å². The highest BCUT2D eigenvalue weighted by Gasteiger charge is 2.28. The lowest BCUT2D eigenvalue weighted by Crippen LogP contribution is -2.51. The van der Waals surface area contributed by atoms with Crippen LogP contribution in [0.2, 0.25) is 0 Å². The third-order valence-corrected chi connectivity index (χ3v) is 5.14. The number of fused-ring (bicyclic) bond motifs is 1. The van der Waals surface area contributed by atoms with Crippen LogP contribution < -0.4 is 11.1 Å². The number of halogens is 1. The van der Waals surface area contributed by atoms with Gasteiger partial charge >= 0.3 is 0 Å². The number of carbonyl (C=O) groups is 1. The van der Waals surface area contributed by atoms with Crippen molar-refractivity contribution in [2.45, 2.75) is 37.6 Å². The molecule has 5 heteroatoms. The summed E-state index contributed by atoms with van der Waals surface area (Å²) < 4.78 is 1.15. The number of hydrogen-bond acceptors (Lipinski definition) is 3. The predicted octanol–water partition coefficient (Wildman–Crippen LogP) is 3.71. The fourth-order valence-electron chi connectivity index (χ4n) is 2.94. The zero-order chi connectivity index (χ0) is 14.0. The van der Waals surface area contributed by atoms with Crippen LogP contribution in [0.25, 0.3) is 10.1 Å². The number of rotatable bonds is 3. The summed E-state index contributed by atoms with van der Waals surface area (Å²) in [5.41, 5.74) is 6.92. The lowest BCUT2D eigenvalue weighted by molar-refractivity contribution is 0.0939. The second-order valence-electron chi connectivity index (χ2n) is 5.75. The van der Waals surface area contributed by atoms with Crippen LogP contribution in [0.15, 0.2) is 29.6 Å². The molecule has 1 fully saturated rings. The van der Waals surface area contributed by atoms with Crippen LogP contribution in [0, 0.1) is 0 Å². The van der Waals surface area contributed by atoms with E-state index in [9.17, 15) is 4.79 Å². The molecule has 0 atom stereocenters. The van der Waals surface area contributed by atoms with E-state index < -0.39 is 0 Å². The van der Waals surface area contributed by atoms with Gasteiger partial charge in [0.25, 0.3) is 5.91 Å². The maximum absolute atomic E-state index is 12.3. The highest BCUT2D eigenvalue weighted by molar-refractivity contribution is 7.17. The Hall–Kier alpha value is -1.10. The Balaban J connectivity index is 0.00000161. The fraction of sp³-hybridized carbons (Fsp3) is 0.438. The SMILES string of the molecule is Cl.NC1(CNC(=O)c2csc3ccccc23)CCCCC1. The van der Waals surface area contributed by atoms with Gasteiger partial charge in [-0.05, 0) is 18.9 Å². The molecule has 21 heavy (non-hydrogen) atoms. The summed E-state index contributed by atoms with van der Waals surface area (Å²) in [6, 6.07) is 8.01. The van der Waals surface area contributed by atoms with E-state index in [-0.39, 0.29) is 23.9 Å². The van der Waals surface area contributed by atoms with Crippen molar-refractivity contribution in [3.8, 4) is 0 Å². The zero-order valence-electron chi connectivity index (χ0n) is 11.9. The molecule has 0 bridgehead atoms. The maximum atomic E-state index is 12.3. The monoisotopic (exact) mass is 324 g/mol. The Bertz CT molecular complexity index is 620. The lowest BCUT2D eigenvalue weighted by Gasteiger charge is -2.33. The summed E-state index contributed by atoms with van der Waals surface area (Å²) in [5.74, 6) is -0.00199. The maximum Gasteiger partial charge on any atom is 0.252 e. The molecule has 1 aromatic heterocycles. The molecule has 3 rings (SSSR count). The molecule has 1 heterocycles. The van der Waals surface area contributed by atoms with Crippen molar-refractivity contribution in [3.05, 3.63) is 35.2 Å². The Morgan fingerprint density at radius 1 is 1.24 bits per heavy atom. The summed E-state index contributed by atoms with van der Waals surface area (Å²) in [6.45, 7) is 0.579. The molecule has 1 aromatic carbocycles. The van der Waals surface area contributed by atoms with E-state index in [0.717, 1.165) is 28.5 Å². The largest absolute Gasteiger partial charge is 0.350 e. The third-order valence-electron chi connectivity index (χ3n) is 4.18. The number of carbonyl (C=O) groups excluding carboxylic acids is 1. The number of amides is 1. The molecule has 1 amide bonds. The summed E-state index contributed by atoms with van der Waals surface area (Å²) in [4.78, 5) is 12.3. The molecule has 1 aliphatic rings. The second kappa shape index (κ2) is 6.77. The topological polar surface area (TPSA) is 55.1 Å². The average Bonchev–Trinajstić information content (AvgIpc) is 2.90. The molecular formula is C16H21ClN2OS. The van der Waals surface area contributed by atoms with Gasteiger partial charge in [0.05, 0.1) is 5.56 Å². The van der Waals surface area contributed by atoms with Gasteiger partial charge in [-0.2, -0.15) is 0 Å². The summed E-state index contributed by atoms with van der Waals surface area (Å²) >= 11 is 1.61. The van der Waals surface area contributed by atoms with E-state index in [0.29, 0.717) is 6.54 Å². The smallest absolute Gasteiger partial charge is 0.252 e. The van der Waals surface area contributed by atoms with Crippen molar-refractivity contribution < 1.29 is 4.79 Å².